The molecule has 0 aromatic rings. The Labute approximate surface area is 73.7 Å². The molecule has 0 saturated carbocycles. The van der Waals surface area contributed by atoms with Gasteiger partial charge in [-0.05, 0) is 12.8 Å². The van der Waals surface area contributed by atoms with Gasteiger partial charge in [-0.2, -0.15) is 0 Å². The number of allylic oxidation sites excluding steroid dienone is 8. The van der Waals surface area contributed by atoms with Gasteiger partial charge in [0.1, 0.15) is 0 Å². The Kier molecular flexibility index (Phi) is 2.12. The van der Waals surface area contributed by atoms with Gasteiger partial charge >= 0.3 is 0 Å². The molecule has 2 rings (SSSR count). The van der Waals surface area contributed by atoms with Crippen LogP contribution in [-0.2, 0) is 0 Å². The molecular weight excluding hydrogens is 147 g/mol. The molecule has 2 aliphatic carbocycles. The molecule has 2 aliphatic rings. The molecule has 0 nitrogen and oxygen atoms in total. The van der Waals surface area contributed by atoms with Gasteiger partial charge in [-0.15, -0.1) is 8.87 Å². The van der Waals surface area contributed by atoms with Gasteiger partial charge in [-0.25, -0.2) is 0 Å². The molecule has 0 fully saturated rings. The third kappa shape index (κ3) is 1.74. The van der Waals surface area contributed by atoms with Crippen molar-refractivity contribution in [1.29, 1.82) is 0 Å². The third-order valence-corrected chi connectivity index (χ3v) is 3.57. The Balaban J connectivity index is 1.91. The van der Waals surface area contributed by atoms with Gasteiger partial charge in [0.2, 0.25) is 0 Å². The van der Waals surface area contributed by atoms with E-state index in [0.717, 1.165) is 0 Å². The zero-order valence-corrected chi connectivity index (χ0v) is 7.61. The molecule has 11 heavy (non-hydrogen) atoms. The highest BCUT2D eigenvalue weighted by molar-refractivity contribution is 6.54. The summed E-state index contributed by atoms with van der Waals surface area (Å²) in [6, 6.07) is 0. The Bertz CT molecular complexity index is 239. The van der Waals surface area contributed by atoms with Crippen LogP contribution in [0.1, 0.15) is 12.8 Å². The zero-order chi connectivity index (χ0) is 7.52. The Morgan fingerprint density at radius 3 is 1.82 bits per heavy atom. The molecule has 53 valence electrons. The molecule has 0 spiro atoms. The fraction of sp³-hybridized carbons (Fsp3) is 0.200. The van der Waals surface area contributed by atoms with Crippen molar-refractivity contribution in [2.24, 2.45) is 0 Å². The van der Waals surface area contributed by atoms with Crippen molar-refractivity contribution in [2.45, 2.75) is 12.8 Å². The van der Waals surface area contributed by atoms with Gasteiger partial charge in [-0.3, -0.25) is 0 Å². The molecule has 0 aromatic heterocycles. The summed E-state index contributed by atoms with van der Waals surface area (Å²) in [5.74, 6) is 0. The van der Waals surface area contributed by atoms with Crippen molar-refractivity contribution in [3.63, 3.8) is 0 Å². The van der Waals surface area contributed by atoms with Crippen molar-refractivity contribution in [3.05, 3.63) is 45.3 Å². The zero-order valence-electron chi connectivity index (χ0n) is 6.46. The highest BCUT2D eigenvalue weighted by atomic mass is 27.1. The first-order chi connectivity index (χ1) is 5.45. The van der Waals surface area contributed by atoms with Gasteiger partial charge in [0.15, 0.2) is 0 Å². The minimum atomic E-state index is 0.449. The van der Waals surface area contributed by atoms with Crippen LogP contribution in [0.3, 0.4) is 0 Å². The van der Waals surface area contributed by atoms with Crippen LogP contribution in [0.2, 0.25) is 0 Å². The summed E-state index contributed by atoms with van der Waals surface area (Å²) in [5, 5.41) is 0. The second kappa shape index (κ2) is 3.26. The fourth-order valence-electron chi connectivity index (χ4n) is 1.38. The number of hydrogen-bond acceptors (Lipinski definition) is 0. The molecule has 0 aliphatic heterocycles. The van der Waals surface area contributed by atoms with E-state index in [9.17, 15) is 0 Å². The lowest BCUT2D eigenvalue weighted by atomic mass is 10.5. The molecule has 0 heterocycles. The lowest BCUT2D eigenvalue weighted by Crippen LogP contribution is -1.96. The maximum atomic E-state index is 2.27. The standard InChI is InChI=1S/2C5H5.Al/c2*1-2-4-5-3-1;/h2*1-3H,4H2;. The van der Waals surface area contributed by atoms with Crippen LogP contribution in [0.25, 0.3) is 0 Å². The molecule has 0 unspecified atom stereocenters. The quantitative estimate of drug-likeness (QED) is 0.540. The predicted octanol–water partition coefficient (Wildman–Crippen LogP) is 2.38. The van der Waals surface area contributed by atoms with Gasteiger partial charge in [0.25, 0.3) is 15.2 Å². The third-order valence-electron chi connectivity index (χ3n) is 1.97. The van der Waals surface area contributed by atoms with E-state index in [2.05, 4.69) is 36.5 Å². The van der Waals surface area contributed by atoms with E-state index in [1.807, 2.05) is 0 Å². The molecule has 0 saturated heterocycles. The second-order valence-corrected chi connectivity index (χ2v) is 4.66. The Morgan fingerprint density at radius 2 is 1.45 bits per heavy atom. The van der Waals surface area contributed by atoms with E-state index >= 15 is 0 Å². The summed E-state index contributed by atoms with van der Waals surface area (Å²) in [4.78, 5) is 0. The summed E-state index contributed by atoms with van der Waals surface area (Å²) in [5.41, 5.74) is 0. The lowest BCUT2D eigenvalue weighted by Gasteiger charge is -1.99. The average Bonchev–Trinajstić information content (AvgIpc) is 2.60. The lowest BCUT2D eigenvalue weighted by molar-refractivity contribution is 1.35. The molecule has 0 aromatic carbocycles. The van der Waals surface area contributed by atoms with E-state index < -0.39 is 0 Å². The van der Waals surface area contributed by atoms with Crippen LogP contribution < -0.4 is 0 Å². The van der Waals surface area contributed by atoms with Crippen molar-refractivity contribution in [2.75, 3.05) is 0 Å². The topological polar surface area (TPSA) is 0 Å². The first kappa shape index (κ1) is 7.16. The van der Waals surface area contributed by atoms with Crippen molar-refractivity contribution >= 4 is 15.2 Å². The molecule has 1 radical (unpaired) electrons. The summed E-state index contributed by atoms with van der Waals surface area (Å²) in [7, 11) is 0. The summed E-state index contributed by atoms with van der Waals surface area (Å²) in [6.07, 6.45) is 15.8. The van der Waals surface area contributed by atoms with E-state index in [-0.39, 0.29) is 0 Å². The highest BCUT2D eigenvalue weighted by Crippen LogP contribution is 2.16. The molecule has 0 bridgehead atoms. The smallest absolute Gasteiger partial charge is 0.134 e. The average molecular weight is 157 g/mol. The van der Waals surface area contributed by atoms with Gasteiger partial charge in [-0.1, -0.05) is 36.5 Å². The Hall–Kier alpha value is -0.508. The Morgan fingerprint density at radius 1 is 0.909 bits per heavy atom. The fourth-order valence-corrected chi connectivity index (χ4v) is 2.78. The van der Waals surface area contributed by atoms with Crippen LogP contribution in [0.5, 0.6) is 0 Å². The van der Waals surface area contributed by atoms with Crippen molar-refractivity contribution < 1.29 is 0 Å². The molecule has 1 heteroatoms. The second-order valence-electron chi connectivity index (χ2n) is 2.89. The molecule has 0 amide bonds. The molecule has 0 N–H and O–H groups in total. The van der Waals surface area contributed by atoms with E-state index in [0.29, 0.717) is 15.2 Å². The van der Waals surface area contributed by atoms with Gasteiger partial charge in [0.05, 0.1) is 0 Å². The van der Waals surface area contributed by atoms with E-state index in [4.69, 9.17) is 0 Å². The minimum Gasteiger partial charge on any atom is -0.134 e. The van der Waals surface area contributed by atoms with Crippen LogP contribution in [0.15, 0.2) is 45.3 Å². The van der Waals surface area contributed by atoms with E-state index in [1.54, 1.807) is 8.87 Å². The van der Waals surface area contributed by atoms with Gasteiger partial charge in [0, 0.05) is 0 Å². The maximum absolute atomic E-state index is 2.27. The minimum absolute atomic E-state index is 0.449. The summed E-state index contributed by atoms with van der Waals surface area (Å²) >= 11 is 0.449. The van der Waals surface area contributed by atoms with Crippen molar-refractivity contribution in [3.8, 4) is 0 Å². The van der Waals surface area contributed by atoms with E-state index in [1.165, 1.54) is 12.8 Å². The number of hydrogen-bond donors (Lipinski definition) is 0. The van der Waals surface area contributed by atoms with Crippen LogP contribution in [-0.4, -0.2) is 15.2 Å². The SMILES string of the molecule is C1=CC[C]([Al][C]2=CC=CC2)=C1. The maximum Gasteiger partial charge on any atom is 0.286 e. The van der Waals surface area contributed by atoms with Crippen LogP contribution in [0.4, 0.5) is 0 Å². The monoisotopic (exact) mass is 157 g/mol. The van der Waals surface area contributed by atoms with Gasteiger partial charge < -0.3 is 0 Å². The molecule has 0 atom stereocenters. The van der Waals surface area contributed by atoms with Crippen molar-refractivity contribution in [1.82, 2.24) is 0 Å². The number of rotatable bonds is 2. The van der Waals surface area contributed by atoms with Crippen LogP contribution in [0, 0.1) is 0 Å². The summed E-state index contributed by atoms with van der Waals surface area (Å²) < 4.78 is 3.28. The summed E-state index contributed by atoms with van der Waals surface area (Å²) in [6.45, 7) is 0. The normalized spacial score (nSPS) is 20.4. The predicted molar refractivity (Wildman–Crippen MR) is 49.4 cm³/mol. The largest absolute Gasteiger partial charge is 0.286 e. The highest BCUT2D eigenvalue weighted by Gasteiger charge is 2.06. The van der Waals surface area contributed by atoms with Crippen LogP contribution >= 0.6 is 0 Å². The first-order valence-corrected chi connectivity index (χ1v) is 5.17. The molecular formula is C10H10Al. The first-order valence-electron chi connectivity index (χ1n) is 4.01.